The third-order valence-electron chi connectivity index (χ3n) is 3.91. The van der Waals surface area contributed by atoms with Crippen molar-refractivity contribution in [2.24, 2.45) is 5.92 Å². The minimum atomic E-state index is -0.860. The fourth-order valence-electron chi connectivity index (χ4n) is 3.07. The molecule has 3 atom stereocenters. The third kappa shape index (κ3) is 1.83. The van der Waals surface area contributed by atoms with E-state index in [-0.39, 0.29) is 11.6 Å². The molecule has 1 aliphatic carbocycles. The van der Waals surface area contributed by atoms with Gasteiger partial charge in [-0.15, -0.1) is 0 Å². The Morgan fingerprint density at radius 3 is 2.37 bits per heavy atom. The zero-order valence-corrected chi connectivity index (χ0v) is 10.9. The summed E-state index contributed by atoms with van der Waals surface area (Å²) in [4.78, 5) is 24.9. The number of hydrogen-bond donors (Lipinski definition) is 1. The number of hydrogen-bond acceptors (Lipinski definition) is 4. The van der Waals surface area contributed by atoms with Gasteiger partial charge in [-0.3, -0.25) is 9.59 Å². The van der Waals surface area contributed by atoms with Gasteiger partial charge in [0.1, 0.15) is 6.10 Å². The van der Waals surface area contributed by atoms with Crippen molar-refractivity contribution < 1.29 is 19.4 Å². The average molecular weight is 260 g/mol. The Morgan fingerprint density at radius 1 is 1.16 bits per heavy atom. The van der Waals surface area contributed by atoms with Gasteiger partial charge in [-0.05, 0) is 13.8 Å². The first-order valence-corrected chi connectivity index (χ1v) is 6.44. The van der Waals surface area contributed by atoms with E-state index in [1.807, 2.05) is 13.8 Å². The van der Waals surface area contributed by atoms with Crippen LogP contribution >= 0.6 is 0 Å². The minimum absolute atomic E-state index is 0.191. The summed E-state index contributed by atoms with van der Waals surface area (Å²) in [5.41, 5.74) is 0.206. The molecule has 0 saturated carbocycles. The van der Waals surface area contributed by atoms with E-state index >= 15 is 0 Å². The molecule has 0 radical (unpaired) electrons. The second kappa shape index (κ2) is 3.99. The number of aliphatic hydroxyl groups is 1. The number of ketones is 2. The third-order valence-corrected chi connectivity index (χ3v) is 3.91. The molecule has 1 aromatic rings. The number of benzene rings is 1. The summed E-state index contributed by atoms with van der Waals surface area (Å²) >= 11 is 0. The number of carbonyl (C=O) groups excluding carboxylic acids is 2. The highest BCUT2D eigenvalue weighted by atomic mass is 16.5. The topological polar surface area (TPSA) is 63.6 Å². The molecule has 4 nitrogen and oxygen atoms in total. The van der Waals surface area contributed by atoms with Crippen LogP contribution in [0.5, 0.6) is 0 Å². The molecule has 19 heavy (non-hydrogen) atoms. The van der Waals surface area contributed by atoms with Crippen LogP contribution in [0, 0.1) is 5.92 Å². The number of rotatable bonds is 0. The molecule has 4 heteroatoms. The summed E-state index contributed by atoms with van der Waals surface area (Å²) < 4.78 is 5.76. The van der Waals surface area contributed by atoms with Crippen molar-refractivity contribution in [3.05, 3.63) is 35.4 Å². The summed E-state index contributed by atoms with van der Waals surface area (Å²) in [6, 6.07) is 6.74. The Hall–Kier alpha value is -1.52. The molecule has 0 amide bonds. The maximum absolute atomic E-state index is 12.4. The van der Waals surface area contributed by atoms with E-state index in [0.717, 1.165) is 0 Å². The first kappa shape index (κ1) is 12.5. The lowest BCUT2D eigenvalue weighted by molar-refractivity contribution is -0.149. The van der Waals surface area contributed by atoms with Gasteiger partial charge >= 0.3 is 0 Å². The van der Waals surface area contributed by atoms with E-state index in [9.17, 15) is 14.7 Å². The summed E-state index contributed by atoms with van der Waals surface area (Å²) in [7, 11) is 0. The normalized spacial score (nSPS) is 32.7. The first-order valence-electron chi connectivity index (χ1n) is 6.44. The second-order valence-electron chi connectivity index (χ2n) is 5.87. The van der Waals surface area contributed by atoms with Crippen LogP contribution in [0.1, 0.15) is 41.0 Å². The molecule has 2 aliphatic rings. The van der Waals surface area contributed by atoms with Crippen LogP contribution < -0.4 is 0 Å². The van der Waals surface area contributed by atoms with Gasteiger partial charge in [-0.2, -0.15) is 0 Å². The molecule has 1 N–H and O–H groups in total. The van der Waals surface area contributed by atoms with E-state index in [4.69, 9.17) is 4.74 Å². The van der Waals surface area contributed by atoms with Gasteiger partial charge in [0.25, 0.3) is 0 Å². The molecule has 0 aromatic heterocycles. The molecule has 1 aliphatic heterocycles. The smallest absolute Gasteiger partial charge is 0.193 e. The van der Waals surface area contributed by atoms with Crippen molar-refractivity contribution in [1.29, 1.82) is 0 Å². The molecule has 0 unspecified atom stereocenters. The lowest BCUT2D eigenvalue weighted by atomic mass is 9.72. The number of ether oxygens (including phenoxy) is 1. The van der Waals surface area contributed by atoms with Crippen LogP contribution in [0.2, 0.25) is 0 Å². The Kier molecular flexibility index (Phi) is 2.62. The van der Waals surface area contributed by atoms with Gasteiger partial charge in [0.15, 0.2) is 11.6 Å². The molecule has 0 spiro atoms. The van der Waals surface area contributed by atoms with Crippen molar-refractivity contribution in [2.75, 3.05) is 0 Å². The van der Waals surface area contributed by atoms with Gasteiger partial charge in [0, 0.05) is 17.5 Å². The van der Waals surface area contributed by atoms with Crippen LogP contribution in [0.15, 0.2) is 24.3 Å². The number of aliphatic hydroxyl groups excluding tert-OH is 1. The minimum Gasteiger partial charge on any atom is -0.392 e. The monoisotopic (exact) mass is 260 g/mol. The highest BCUT2D eigenvalue weighted by Crippen LogP contribution is 2.39. The summed E-state index contributed by atoms with van der Waals surface area (Å²) in [5, 5.41) is 10.2. The van der Waals surface area contributed by atoms with Crippen molar-refractivity contribution in [3.8, 4) is 0 Å². The highest BCUT2D eigenvalue weighted by Gasteiger charge is 2.51. The van der Waals surface area contributed by atoms with Gasteiger partial charge in [-0.25, -0.2) is 0 Å². The Labute approximate surface area is 111 Å². The van der Waals surface area contributed by atoms with Crippen LogP contribution in [0.3, 0.4) is 0 Å². The zero-order valence-electron chi connectivity index (χ0n) is 10.9. The maximum Gasteiger partial charge on any atom is 0.193 e. The van der Waals surface area contributed by atoms with E-state index in [1.54, 1.807) is 24.3 Å². The van der Waals surface area contributed by atoms with Crippen molar-refractivity contribution >= 4 is 11.6 Å². The zero-order chi connectivity index (χ0) is 13.8. The first-order chi connectivity index (χ1) is 8.91. The Morgan fingerprint density at radius 2 is 1.74 bits per heavy atom. The molecular formula is C15H16O4. The number of carbonyl (C=O) groups is 2. The number of fused-ring (bicyclic) bond motifs is 2. The van der Waals surface area contributed by atoms with Crippen molar-refractivity contribution in [1.82, 2.24) is 0 Å². The van der Waals surface area contributed by atoms with Gasteiger partial charge in [0.05, 0.1) is 17.6 Å². The lowest BCUT2D eigenvalue weighted by Crippen LogP contribution is -2.57. The fraction of sp³-hybridized carbons (Fsp3) is 0.467. The number of Topliss-reactive ketones (excluding diaryl/α,β-unsaturated/α-hetero) is 2. The molecule has 100 valence electrons. The predicted molar refractivity (Wildman–Crippen MR) is 68.2 cm³/mol. The predicted octanol–water partition coefficient (Wildman–Crippen LogP) is 1.61. The fourth-order valence-corrected chi connectivity index (χ4v) is 3.07. The van der Waals surface area contributed by atoms with Crippen LogP contribution in [-0.2, 0) is 4.74 Å². The lowest BCUT2D eigenvalue weighted by Gasteiger charge is -2.44. The second-order valence-corrected chi connectivity index (χ2v) is 5.87. The molecular weight excluding hydrogens is 244 g/mol. The van der Waals surface area contributed by atoms with E-state index in [2.05, 4.69) is 0 Å². The van der Waals surface area contributed by atoms with Gasteiger partial charge < -0.3 is 9.84 Å². The van der Waals surface area contributed by atoms with E-state index in [0.29, 0.717) is 17.5 Å². The van der Waals surface area contributed by atoms with Crippen molar-refractivity contribution in [2.45, 2.75) is 38.1 Å². The molecule has 1 aromatic carbocycles. The quantitative estimate of drug-likeness (QED) is 0.769. The Bertz CT molecular complexity index is 561. The molecule has 1 fully saturated rings. The Balaban J connectivity index is 2.11. The molecule has 1 saturated heterocycles. The molecule has 1 heterocycles. The standard InChI is InChI=1S/C15H16O4/c1-15(2)7-10(16)11-12(17)8-5-3-4-6-9(8)13(18)14(11)19-15/h3-6,10-11,14,16H,7H2,1-2H3/t10-,11-,14+/m0/s1. The SMILES string of the molecule is CC1(C)C[C@H](O)[C@H]2C(=O)c3ccccc3C(=O)[C@@H]2O1. The molecule has 3 rings (SSSR count). The van der Waals surface area contributed by atoms with E-state index < -0.39 is 23.7 Å². The van der Waals surface area contributed by atoms with Gasteiger partial charge in [0.2, 0.25) is 0 Å². The van der Waals surface area contributed by atoms with Gasteiger partial charge in [-0.1, -0.05) is 24.3 Å². The van der Waals surface area contributed by atoms with Crippen molar-refractivity contribution in [3.63, 3.8) is 0 Å². The summed E-state index contributed by atoms with van der Waals surface area (Å²) in [5.74, 6) is -1.16. The maximum atomic E-state index is 12.4. The summed E-state index contributed by atoms with van der Waals surface area (Å²) in [6.07, 6.45) is -1.34. The highest BCUT2D eigenvalue weighted by molar-refractivity contribution is 6.17. The van der Waals surface area contributed by atoms with Crippen LogP contribution in [0.4, 0.5) is 0 Å². The molecule has 0 bridgehead atoms. The average Bonchev–Trinajstić information content (AvgIpc) is 2.34. The van der Waals surface area contributed by atoms with E-state index in [1.165, 1.54) is 0 Å². The van der Waals surface area contributed by atoms with Crippen LogP contribution in [0.25, 0.3) is 0 Å². The summed E-state index contributed by atoms with van der Waals surface area (Å²) in [6.45, 7) is 3.65. The largest absolute Gasteiger partial charge is 0.392 e. The van der Waals surface area contributed by atoms with Crippen LogP contribution in [-0.4, -0.2) is 34.5 Å².